The molecule has 0 aliphatic carbocycles. The number of hydrogen-bond acceptors (Lipinski definition) is 4. The predicted octanol–water partition coefficient (Wildman–Crippen LogP) is 1.45. The van der Waals surface area contributed by atoms with Gasteiger partial charge < -0.3 is 10.1 Å². The van der Waals surface area contributed by atoms with Crippen LogP contribution < -0.4 is 10.9 Å². The van der Waals surface area contributed by atoms with Crippen LogP contribution in [0.15, 0.2) is 11.0 Å². The van der Waals surface area contributed by atoms with Crippen molar-refractivity contribution in [2.45, 2.75) is 32.9 Å². The van der Waals surface area contributed by atoms with Gasteiger partial charge in [0.15, 0.2) is 0 Å². The summed E-state index contributed by atoms with van der Waals surface area (Å²) in [5.41, 5.74) is -0.628. The Bertz CT molecular complexity index is 465. The molecule has 0 aliphatic rings. The Labute approximate surface area is 103 Å². The molecule has 0 aromatic carbocycles. The number of hydrogen-bond donors (Lipinski definition) is 2. The van der Waals surface area contributed by atoms with Crippen LogP contribution in [0.25, 0.3) is 0 Å². The maximum Gasteiger partial charge on any atom is 0.407 e. The zero-order chi connectivity index (χ0) is 13.1. The molecule has 1 aromatic rings. The Morgan fingerprint density at radius 1 is 1.59 bits per heavy atom. The van der Waals surface area contributed by atoms with Crippen molar-refractivity contribution in [2.75, 3.05) is 0 Å². The molecule has 6 nitrogen and oxygen atoms in total. The minimum atomic E-state index is -0.575. The van der Waals surface area contributed by atoms with Crippen LogP contribution in [0.2, 0.25) is 5.02 Å². The van der Waals surface area contributed by atoms with Gasteiger partial charge >= 0.3 is 6.09 Å². The monoisotopic (exact) mass is 259 g/mol. The van der Waals surface area contributed by atoms with E-state index in [0.29, 0.717) is 5.56 Å². The first-order chi connectivity index (χ1) is 7.79. The number of nitrogens with one attached hydrogen (secondary N) is 2. The number of rotatable bonds is 2. The quantitative estimate of drug-likeness (QED) is 0.842. The number of nitrogens with zero attached hydrogens (tertiary/aromatic N) is 1. The summed E-state index contributed by atoms with van der Waals surface area (Å²) in [6, 6.07) is 0. The topological polar surface area (TPSA) is 84.1 Å². The lowest BCUT2D eigenvalue weighted by Crippen LogP contribution is -2.32. The average Bonchev–Trinajstić information content (AvgIpc) is 2.18. The van der Waals surface area contributed by atoms with Gasteiger partial charge in [0.1, 0.15) is 10.6 Å². The summed E-state index contributed by atoms with van der Waals surface area (Å²) in [5.74, 6) is 0. The fourth-order valence-electron chi connectivity index (χ4n) is 1.03. The van der Waals surface area contributed by atoms with Crippen LogP contribution >= 0.6 is 11.6 Å². The lowest BCUT2D eigenvalue weighted by atomic mass is 10.2. The number of amides is 1. The van der Waals surface area contributed by atoms with Gasteiger partial charge in [0.05, 0.1) is 6.20 Å². The number of ether oxygens (including phenoxy) is 1. The highest BCUT2D eigenvalue weighted by Gasteiger charge is 2.16. The van der Waals surface area contributed by atoms with E-state index in [4.69, 9.17) is 16.3 Å². The Balaban J connectivity index is 2.60. The molecular formula is C10H14ClN3O3. The van der Waals surface area contributed by atoms with Crippen molar-refractivity contribution in [2.24, 2.45) is 0 Å². The van der Waals surface area contributed by atoms with Crippen LogP contribution in [-0.4, -0.2) is 21.9 Å². The first-order valence-corrected chi connectivity index (χ1v) is 5.36. The molecule has 7 heteroatoms. The van der Waals surface area contributed by atoms with E-state index < -0.39 is 17.3 Å². The fourth-order valence-corrected chi connectivity index (χ4v) is 1.18. The van der Waals surface area contributed by atoms with Gasteiger partial charge in [0.25, 0.3) is 5.56 Å². The minimum absolute atomic E-state index is 0.0102. The lowest BCUT2D eigenvalue weighted by molar-refractivity contribution is 0.0523. The van der Waals surface area contributed by atoms with Crippen LogP contribution in [-0.2, 0) is 11.3 Å². The Kier molecular flexibility index (Phi) is 4.11. The third kappa shape index (κ3) is 4.44. The zero-order valence-corrected chi connectivity index (χ0v) is 10.6. The van der Waals surface area contributed by atoms with Gasteiger partial charge in [-0.1, -0.05) is 11.6 Å². The molecule has 2 N–H and O–H groups in total. The first-order valence-electron chi connectivity index (χ1n) is 4.98. The Morgan fingerprint density at radius 3 is 2.82 bits per heavy atom. The van der Waals surface area contributed by atoms with Crippen LogP contribution in [0.5, 0.6) is 0 Å². The number of carbonyl (C=O) groups excluding carboxylic acids is 1. The van der Waals surface area contributed by atoms with Crippen LogP contribution in [0.1, 0.15) is 26.3 Å². The van der Waals surface area contributed by atoms with Gasteiger partial charge in [0, 0.05) is 12.1 Å². The van der Waals surface area contributed by atoms with Crippen molar-refractivity contribution in [3.05, 3.63) is 27.1 Å². The number of aromatic amines is 1. The van der Waals surface area contributed by atoms with Crippen LogP contribution in [0.4, 0.5) is 4.79 Å². The van der Waals surface area contributed by atoms with E-state index in [1.807, 2.05) is 0 Å². The predicted molar refractivity (Wildman–Crippen MR) is 62.9 cm³/mol. The summed E-state index contributed by atoms with van der Waals surface area (Å²) in [4.78, 5) is 22.5. The molecule has 0 atom stereocenters. The largest absolute Gasteiger partial charge is 0.444 e. The van der Waals surface area contributed by atoms with E-state index in [-0.39, 0.29) is 11.6 Å². The van der Waals surface area contributed by atoms with Crippen LogP contribution in [0.3, 0.4) is 0 Å². The molecule has 0 bridgehead atoms. The van der Waals surface area contributed by atoms with Gasteiger partial charge in [0.2, 0.25) is 0 Å². The summed E-state index contributed by atoms with van der Waals surface area (Å²) < 4.78 is 5.03. The zero-order valence-electron chi connectivity index (χ0n) is 9.83. The van der Waals surface area contributed by atoms with Crippen molar-refractivity contribution in [1.82, 2.24) is 15.5 Å². The molecule has 0 unspecified atom stereocenters. The highest BCUT2D eigenvalue weighted by Crippen LogP contribution is 2.09. The molecule has 0 fully saturated rings. The van der Waals surface area contributed by atoms with E-state index >= 15 is 0 Å². The molecular weight excluding hydrogens is 246 g/mol. The van der Waals surface area contributed by atoms with Crippen molar-refractivity contribution in [1.29, 1.82) is 0 Å². The summed E-state index contributed by atoms with van der Waals surface area (Å²) >= 11 is 5.73. The van der Waals surface area contributed by atoms with Crippen molar-refractivity contribution >= 4 is 17.7 Å². The molecule has 0 radical (unpaired) electrons. The molecule has 1 aromatic heterocycles. The van der Waals surface area contributed by atoms with E-state index in [1.165, 1.54) is 6.20 Å². The maximum absolute atomic E-state index is 11.3. The molecule has 1 rings (SSSR count). The second-order valence-corrected chi connectivity index (χ2v) is 4.77. The maximum atomic E-state index is 11.3. The summed E-state index contributed by atoms with van der Waals surface area (Å²) in [5, 5.41) is 8.26. The first kappa shape index (κ1) is 13.5. The third-order valence-corrected chi connectivity index (χ3v) is 2.10. The number of halogens is 1. The van der Waals surface area contributed by atoms with Crippen LogP contribution in [0, 0.1) is 0 Å². The lowest BCUT2D eigenvalue weighted by Gasteiger charge is -2.19. The second-order valence-electron chi connectivity index (χ2n) is 4.39. The number of aromatic nitrogens is 2. The van der Waals surface area contributed by atoms with E-state index in [9.17, 15) is 9.59 Å². The Morgan fingerprint density at radius 2 is 2.24 bits per heavy atom. The molecule has 17 heavy (non-hydrogen) atoms. The number of H-pyrrole nitrogens is 1. The number of carbonyl (C=O) groups is 1. The molecule has 0 saturated carbocycles. The second kappa shape index (κ2) is 5.18. The Hall–Kier alpha value is -1.56. The van der Waals surface area contributed by atoms with E-state index in [1.54, 1.807) is 20.8 Å². The van der Waals surface area contributed by atoms with Crippen molar-refractivity contribution < 1.29 is 9.53 Å². The third-order valence-electron chi connectivity index (χ3n) is 1.69. The normalized spacial score (nSPS) is 11.1. The standard InChI is InChI=1S/C10H14ClN3O3/c1-10(2,3)17-9(16)12-4-6-5-13-14-8(15)7(6)11/h5H,4H2,1-3H3,(H,12,16)(H,14,15). The summed E-state index contributed by atoms with van der Waals surface area (Å²) in [7, 11) is 0. The van der Waals surface area contributed by atoms with Gasteiger partial charge in [-0.2, -0.15) is 5.10 Å². The van der Waals surface area contributed by atoms with Crippen molar-refractivity contribution in [3.63, 3.8) is 0 Å². The smallest absolute Gasteiger partial charge is 0.407 e. The average molecular weight is 260 g/mol. The SMILES string of the molecule is CC(C)(C)OC(=O)NCc1cn[nH]c(=O)c1Cl. The molecule has 0 spiro atoms. The molecule has 1 heterocycles. The van der Waals surface area contributed by atoms with Gasteiger partial charge in [-0.05, 0) is 20.8 Å². The highest BCUT2D eigenvalue weighted by molar-refractivity contribution is 6.31. The van der Waals surface area contributed by atoms with Gasteiger partial charge in [-0.15, -0.1) is 0 Å². The van der Waals surface area contributed by atoms with Crippen molar-refractivity contribution in [3.8, 4) is 0 Å². The number of alkyl carbamates (subject to hydrolysis) is 1. The summed E-state index contributed by atoms with van der Waals surface area (Å²) in [6.45, 7) is 5.36. The molecule has 0 aliphatic heterocycles. The fraction of sp³-hybridized carbons (Fsp3) is 0.500. The van der Waals surface area contributed by atoms with Gasteiger partial charge in [-0.3, -0.25) is 4.79 Å². The highest BCUT2D eigenvalue weighted by atomic mass is 35.5. The molecule has 0 saturated heterocycles. The van der Waals surface area contributed by atoms with E-state index in [2.05, 4.69) is 15.5 Å². The van der Waals surface area contributed by atoms with Gasteiger partial charge in [-0.25, -0.2) is 9.89 Å². The molecule has 94 valence electrons. The molecule has 1 amide bonds. The summed E-state index contributed by atoms with van der Waals surface area (Å²) in [6.07, 6.45) is 0.801. The minimum Gasteiger partial charge on any atom is -0.444 e. The van der Waals surface area contributed by atoms with E-state index in [0.717, 1.165) is 0 Å².